The van der Waals surface area contributed by atoms with E-state index in [9.17, 15) is 9.59 Å². The molecule has 0 saturated carbocycles. The normalized spacial score (nSPS) is 11.9. The van der Waals surface area contributed by atoms with E-state index in [1.807, 2.05) is 19.1 Å². The second kappa shape index (κ2) is 6.98. The smallest absolute Gasteiger partial charge is 0.329 e. The summed E-state index contributed by atoms with van der Waals surface area (Å²) >= 11 is 5.76. The predicted octanol–water partition coefficient (Wildman–Crippen LogP) is 1.62. The lowest BCUT2D eigenvalue weighted by atomic mass is 10.1. The number of benzene rings is 1. The fourth-order valence-corrected chi connectivity index (χ4v) is 1.47. The van der Waals surface area contributed by atoms with Gasteiger partial charge in [0.15, 0.2) is 0 Å². The predicted molar refractivity (Wildman–Crippen MR) is 66.5 cm³/mol. The maximum Gasteiger partial charge on any atom is 0.329 e. The van der Waals surface area contributed by atoms with E-state index in [1.54, 1.807) is 12.1 Å². The lowest BCUT2D eigenvalue weighted by molar-refractivity contribution is -0.143. The summed E-state index contributed by atoms with van der Waals surface area (Å²) in [6.45, 7) is 1.06. The van der Waals surface area contributed by atoms with E-state index in [4.69, 9.17) is 16.7 Å². The zero-order valence-corrected chi connectivity index (χ0v) is 10.6. The Morgan fingerprint density at radius 1 is 1.33 bits per heavy atom. The standard InChI is InChI=1S/C12H14ClNO4/c1-8(9-2-4-10(13)5-3-9)14-11(15)6-18-7-12(16)17/h2-5,8H,6-7H2,1H3,(H,14,15)(H,16,17)/t8-/m0/s1. The summed E-state index contributed by atoms with van der Waals surface area (Å²) in [6.07, 6.45) is 0. The molecule has 1 atom stereocenters. The van der Waals surface area contributed by atoms with Gasteiger partial charge in [0.1, 0.15) is 13.2 Å². The molecule has 0 heterocycles. The molecular formula is C12H14ClNO4. The van der Waals surface area contributed by atoms with Crippen molar-refractivity contribution in [1.82, 2.24) is 5.32 Å². The highest BCUT2D eigenvalue weighted by atomic mass is 35.5. The van der Waals surface area contributed by atoms with Crippen molar-refractivity contribution in [2.75, 3.05) is 13.2 Å². The summed E-state index contributed by atoms with van der Waals surface area (Å²) in [5.74, 6) is -1.47. The first kappa shape index (κ1) is 14.5. The van der Waals surface area contributed by atoms with E-state index in [1.165, 1.54) is 0 Å². The molecule has 0 spiro atoms. The Balaban J connectivity index is 2.39. The first-order valence-corrected chi connectivity index (χ1v) is 5.71. The number of amides is 1. The highest BCUT2D eigenvalue weighted by Gasteiger charge is 2.10. The van der Waals surface area contributed by atoms with Crippen LogP contribution in [0.15, 0.2) is 24.3 Å². The van der Waals surface area contributed by atoms with Gasteiger partial charge < -0.3 is 15.2 Å². The van der Waals surface area contributed by atoms with Crippen LogP contribution >= 0.6 is 11.6 Å². The molecule has 98 valence electrons. The monoisotopic (exact) mass is 271 g/mol. The molecule has 0 radical (unpaired) electrons. The van der Waals surface area contributed by atoms with Gasteiger partial charge >= 0.3 is 5.97 Å². The van der Waals surface area contributed by atoms with Crippen LogP contribution in [0.5, 0.6) is 0 Å². The number of nitrogens with one attached hydrogen (secondary N) is 1. The molecule has 0 aliphatic heterocycles. The van der Waals surface area contributed by atoms with Gasteiger partial charge in [-0.1, -0.05) is 23.7 Å². The number of carbonyl (C=O) groups excluding carboxylic acids is 1. The molecular weight excluding hydrogens is 258 g/mol. The van der Waals surface area contributed by atoms with Crippen LogP contribution in [0.4, 0.5) is 0 Å². The largest absolute Gasteiger partial charge is 0.480 e. The van der Waals surface area contributed by atoms with Crippen LogP contribution in [-0.2, 0) is 14.3 Å². The van der Waals surface area contributed by atoms with Crippen molar-refractivity contribution in [3.05, 3.63) is 34.9 Å². The molecule has 0 bridgehead atoms. The van der Waals surface area contributed by atoms with Gasteiger partial charge in [0, 0.05) is 5.02 Å². The number of halogens is 1. The highest BCUT2D eigenvalue weighted by Crippen LogP contribution is 2.15. The molecule has 1 amide bonds. The van der Waals surface area contributed by atoms with E-state index >= 15 is 0 Å². The van der Waals surface area contributed by atoms with Crippen LogP contribution in [0.1, 0.15) is 18.5 Å². The van der Waals surface area contributed by atoms with E-state index in [0.717, 1.165) is 5.56 Å². The van der Waals surface area contributed by atoms with Crippen LogP contribution in [-0.4, -0.2) is 30.2 Å². The summed E-state index contributed by atoms with van der Waals surface area (Å²) in [4.78, 5) is 21.6. The lowest BCUT2D eigenvalue weighted by Crippen LogP contribution is -2.30. The van der Waals surface area contributed by atoms with Crippen molar-refractivity contribution in [2.24, 2.45) is 0 Å². The van der Waals surface area contributed by atoms with Gasteiger partial charge in [0.25, 0.3) is 0 Å². The lowest BCUT2D eigenvalue weighted by Gasteiger charge is -2.14. The molecule has 1 aromatic rings. The van der Waals surface area contributed by atoms with Crippen LogP contribution in [0, 0.1) is 0 Å². The van der Waals surface area contributed by atoms with E-state index in [2.05, 4.69) is 10.1 Å². The fraction of sp³-hybridized carbons (Fsp3) is 0.333. The Bertz CT molecular complexity index is 419. The van der Waals surface area contributed by atoms with Crippen molar-refractivity contribution in [3.63, 3.8) is 0 Å². The molecule has 0 aliphatic carbocycles. The van der Waals surface area contributed by atoms with Gasteiger partial charge in [0.05, 0.1) is 6.04 Å². The molecule has 0 saturated heterocycles. The minimum Gasteiger partial charge on any atom is -0.480 e. The van der Waals surface area contributed by atoms with Crippen molar-refractivity contribution >= 4 is 23.5 Å². The molecule has 1 aromatic carbocycles. The van der Waals surface area contributed by atoms with Gasteiger partial charge in [-0.3, -0.25) is 4.79 Å². The van der Waals surface area contributed by atoms with E-state index < -0.39 is 12.6 Å². The first-order chi connectivity index (χ1) is 8.49. The van der Waals surface area contributed by atoms with Crippen LogP contribution in [0.3, 0.4) is 0 Å². The maximum absolute atomic E-state index is 11.4. The molecule has 0 fully saturated rings. The zero-order valence-electron chi connectivity index (χ0n) is 9.85. The number of rotatable bonds is 6. The Labute approximate surface area is 110 Å². The molecule has 1 rings (SSSR count). The van der Waals surface area contributed by atoms with Gasteiger partial charge in [-0.25, -0.2) is 4.79 Å². The average molecular weight is 272 g/mol. The third-order valence-corrected chi connectivity index (χ3v) is 2.46. The Hall–Kier alpha value is -1.59. The number of aliphatic carboxylic acids is 1. The molecule has 6 heteroatoms. The minimum absolute atomic E-state index is 0.191. The summed E-state index contributed by atoms with van der Waals surface area (Å²) in [5, 5.41) is 11.7. The Kier molecular flexibility index (Phi) is 5.61. The zero-order chi connectivity index (χ0) is 13.5. The van der Waals surface area contributed by atoms with Gasteiger partial charge in [-0.05, 0) is 24.6 Å². The van der Waals surface area contributed by atoms with E-state index in [-0.39, 0.29) is 18.6 Å². The highest BCUT2D eigenvalue weighted by molar-refractivity contribution is 6.30. The first-order valence-electron chi connectivity index (χ1n) is 5.33. The second-order valence-corrected chi connectivity index (χ2v) is 4.16. The molecule has 5 nitrogen and oxygen atoms in total. The fourth-order valence-electron chi connectivity index (χ4n) is 1.35. The average Bonchev–Trinajstić information content (AvgIpc) is 2.29. The van der Waals surface area contributed by atoms with Crippen molar-refractivity contribution in [2.45, 2.75) is 13.0 Å². The second-order valence-electron chi connectivity index (χ2n) is 3.73. The van der Waals surface area contributed by atoms with Gasteiger partial charge in [0.2, 0.25) is 5.91 Å². The number of hydrogen-bond donors (Lipinski definition) is 2. The molecule has 18 heavy (non-hydrogen) atoms. The van der Waals surface area contributed by atoms with Gasteiger partial charge in [-0.2, -0.15) is 0 Å². The summed E-state index contributed by atoms with van der Waals surface area (Å²) in [6, 6.07) is 6.90. The molecule has 0 unspecified atom stereocenters. The SMILES string of the molecule is C[C@H](NC(=O)COCC(=O)O)c1ccc(Cl)cc1. The summed E-state index contributed by atoms with van der Waals surface area (Å²) < 4.78 is 4.68. The Morgan fingerprint density at radius 2 is 1.94 bits per heavy atom. The summed E-state index contributed by atoms with van der Waals surface area (Å²) in [7, 11) is 0. The number of hydrogen-bond acceptors (Lipinski definition) is 3. The van der Waals surface area contributed by atoms with Crippen molar-refractivity contribution < 1.29 is 19.4 Å². The van der Waals surface area contributed by atoms with Crippen LogP contribution < -0.4 is 5.32 Å². The van der Waals surface area contributed by atoms with Crippen LogP contribution in [0.25, 0.3) is 0 Å². The summed E-state index contributed by atoms with van der Waals surface area (Å²) in [5.41, 5.74) is 0.908. The Morgan fingerprint density at radius 3 is 2.50 bits per heavy atom. The molecule has 2 N–H and O–H groups in total. The van der Waals surface area contributed by atoms with Crippen molar-refractivity contribution in [3.8, 4) is 0 Å². The number of carbonyl (C=O) groups is 2. The topological polar surface area (TPSA) is 75.6 Å². The third kappa shape index (κ3) is 5.16. The van der Waals surface area contributed by atoms with Crippen LogP contribution in [0.2, 0.25) is 5.02 Å². The number of ether oxygens (including phenoxy) is 1. The molecule has 0 aromatic heterocycles. The van der Waals surface area contributed by atoms with Crippen molar-refractivity contribution in [1.29, 1.82) is 0 Å². The molecule has 0 aliphatic rings. The quantitative estimate of drug-likeness (QED) is 0.824. The minimum atomic E-state index is -1.10. The third-order valence-electron chi connectivity index (χ3n) is 2.21. The maximum atomic E-state index is 11.4. The number of carboxylic acid groups (broad SMARTS) is 1. The number of carboxylic acids is 1. The van der Waals surface area contributed by atoms with E-state index in [0.29, 0.717) is 5.02 Å². The van der Waals surface area contributed by atoms with Gasteiger partial charge in [-0.15, -0.1) is 0 Å².